The summed E-state index contributed by atoms with van der Waals surface area (Å²) < 4.78 is 22.0. The molecule has 2 aliphatic rings. The minimum atomic E-state index is -3.17. The van der Waals surface area contributed by atoms with Crippen molar-refractivity contribution in [2.45, 2.75) is 61.3 Å². The molecule has 0 bridgehead atoms. The number of nitrogens with zero attached hydrogens (tertiary/aromatic N) is 3. The summed E-state index contributed by atoms with van der Waals surface area (Å²) in [5, 5.41) is 28.7. The molecule has 5 N–H and O–H groups in total. The largest absolute Gasteiger partial charge is 0.386 e. The Balaban J connectivity index is 1.59. The van der Waals surface area contributed by atoms with Crippen molar-refractivity contribution in [3.05, 3.63) is 46.4 Å². The van der Waals surface area contributed by atoms with Gasteiger partial charge in [-0.05, 0) is 51.0 Å². The van der Waals surface area contributed by atoms with E-state index in [0.717, 1.165) is 25.7 Å². The van der Waals surface area contributed by atoms with Crippen molar-refractivity contribution in [2.75, 3.05) is 5.32 Å². The van der Waals surface area contributed by atoms with Gasteiger partial charge in [-0.15, -0.1) is 0 Å². The van der Waals surface area contributed by atoms with Crippen molar-refractivity contribution in [1.82, 2.24) is 14.8 Å². The minimum absolute atomic E-state index is 0.112. The topological polar surface area (TPSA) is 147 Å². The summed E-state index contributed by atoms with van der Waals surface area (Å²) >= 11 is 0. The normalized spacial score (nSPS) is 26.5. The Morgan fingerprint density at radius 1 is 1.27 bits per heavy atom. The number of H-pyrrole nitrogens is 1. The molecule has 9 nitrogen and oxygen atoms in total. The first-order valence-electron chi connectivity index (χ1n) is 11.0. The van der Waals surface area contributed by atoms with Crippen LogP contribution in [-0.4, -0.2) is 33.7 Å². The number of anilines is 2. The van der Waals surface area contributed by atoms with Crippen molar-refractivity contribution in [3.63, 3.8) is 0 Å². The number of aliphatic hydroxyl groups is 1. The number of nitriles is 1. The molecule has 1 aliphatic carbocycles. The Morgan fingerprint density at radius 3 is 2.79 bits per heavy atom. The van der Waals surface area contributed by atoms with E-state index in [-0.39, 0.29) is 17.5 Å². The van der Waals surface area contributed by atoms with Gasteiger partial charge in [0.2, 0.25) is 0 Å². The summed E-state index contributed by atoms with van der Waals surface area (Å²) in [7, 11) is -3.17. The summed E-state index contributed by atoms with van der Waals surface area (Å²) in [4.78, 5) is 15.8. The fraction of sp³-hybridized carbons (Fsp3) is 0.435. The van der Waals surface area contributed by atoms with Crippen LogP contribution in [-0.2, 0) is 0 Å². The van der Waals surface area contributed by atoms with E-state index in [0.29, 0.717) is 32.9 Å². The molecule has 0 amide bonds. The first-order valence-corrected chi connectivity index (χ1v) is 12.6. The number of aromatic nitrogens is 3. The average molecular weight is 470 g/mol. The molecule has 1 aromatic carbocycles. The van der Waals surface area contributed by atoms with Crippen molar-refractivity contribution < 1.29 is 14.2 Å². The molecule has 1 saturated carbocycles. The van der Waals surface area contributed by atoms with E-state index in [1.165, 1.54) is 0 Å². The van der Waals surface area contributed by atoms with Crippen molar-refractivity contribution in [2.24, 2.45) is 5.92 Å². The highest BCUT2D eigenvalue weighted by Gasteiger charge is 2.51. The third-order valence-corrected chi connectivity index (χ3v) is 9.78. The number of fused-ring (bicyclic) bond motifs is 2. The number of nitrogens with one attached hydrogen (secondary N) is 2. The van der Waals surface area contributed by atoms with Crippen LogP contribution in [0, 0.1) is 17.2 Å². The van der Waals surface area contributed by atoms with Crippen LogP contribution in [0.4, 0.5) is 11.5 Å². The van der Waals surface area contributed by atoms with Crippen LogP contribution < -0.4 is 10.9 Å². The van der Waals surface area contributed by atoms with Gasteiger partial charge in [-0.3, -0.25) is 18.6 Å². The smallest absolute Gasteiger partial charge is 0.261 e. The highest BCUT2D eigenvalue weighted by atomic mass is 32.3. The van der Waals surface area contributed by atoms with Crippen LogP contribution in [0.25, 0.3) is 10.9 Å². The molecule has 1 aliphatic heterocycles. The molecular formula is C23H27N5O4S. The van der Waals surface area contributed by atoms with E-state index >= 15 is 0 Å². The molecule has 3 aromatic rings. The fourth-order valence-corrected chi connectivity index (χ4v) is 6.81. The Kier molecular flexibility index (Phi) is 5.06. The van der Waals surface area contributed by atoms with Gasteiger partial charge in [0.05, 0.1) is 33.2 Å². The zero-order chi connectivity index (χ0) is 23.5. The molecule has 33 heavy (non-hydrogen) atoms. The van der Waals surface area contributed by atoms with Crippen molar-refractivity contribution in [3.8, 4) is 6.07 Å². The van der Waals surface area contributed by atoms with Crippen LogP contribution in [0.5, 0.6) is 0 Å². The number of hydrogen-bond donors (Lipinski definition) is 5. The highest BCUT2D eigenvalue weighted by Crippen LogP contribution is 2.70. The zero-order valence-electron chi connectivity index (χ0n) is 18.4. The molecule has 2 aromatic heterocycles. The van der Waals surface area contributed by atoms with E-state index in [1.807, 2.05) is 0 Å². The number of aliphatic hydroxyl groups excluding tert-OH is 1. The van der Waals surface area contributed by atoms with E-state index < -0.39 is 21.4 Å². The molecular weight excluding hydrogens is 442 g/mol. The van der Waals surface area contributed by atoms with Gasteiger partial charge in [0.25, 0.3) is 5.56 Å². The first kappa shape index (κ1) is 22.0. The zero-order valence-corrected chi connectivity index (χ0v) is 19.3. The van der Waals surface area contributed by atoms with Gasteiger partial charge in [-0.1, -0.05) is 12.8 Å². The quantitative estimate of drug-likeness (QED) is 0.375. The van der Waals surface area contributed by atoms with Gasteiger partial charge in [0.1, 0.15) is 11.5 Å². The van der Waals surface area contributed by atoms with E-state index in [4.69, 9.17) is 5.10 Å². The van der Waals surface area contributed by atoms with Crippen LogP contribution in [0.2, 0.25) is 0 Å². The van der Waals surface area contributed by atoms with E-state index in [1.54, 1.807) is 49.0 Å². The third-order valence-electron chi connectivity index (χ3n) is 7.11. The maximum atomic E-state index is 12.7. The van der Waals surface area contributed by atoms with Gasteiger partial charge in [-0.2, -0.15) is 21.0 Å². The summed E-state index contributed by atoms with van der Waals surface area (Å²) in [6.45, 7) is 3.26. The predicted molar refractivity (Wildman–Crippen MR) is 127 cm³/mol. The third kappa shape index (κ3) is 3.19. The second kappa shape index (κ2) is 7.60. The van der Waals surface area contributed by atoms with Crippen molar-refractivity contribution in [1.29, 1.82) is 5.26 Å². The maximum absolute atomic E-state index is 12.7. The first-order chi connectivity index (χ1) is 15.7. The summed E-state index contributed by atoms with van der Waals surface area (Å²) in [6, 6.07) is 9.03. The van der Waals surface area contributed by atoms with Gasteiger partial charge in [-0.25, -0.2) is 0 Å². The maximum Gasteiger partial charge on any atom is 0.261 e. The van der Waals surface area contributed by atoms with E-state index in [9.17, 15) is 24.3 Å². The average Bonchev–Trinajstić information content (AvgIpc) is 3.22. The number of benzene rings is 1. The van der Waals surface area contributed by atoms with Gasteiger partial charge in [0.15, 0.2) is 5.82 Å². The minimum Gasteiger partial charge on any atom is -0.386 e. The van der Waals surface area contributed by atoms with Crippen LogP contribution >= 0.6 is 10.6 Å². The second-order valence-electron chi connectivity index (χ2n) is 9.38. The lowest BCUT2D eigenvalue weighted by Gasteiger charge is -2.42. The Bertz CT molecular complexity index is 1340. The lowest BCUT2D eigenvalue weighted by molar-refractivity contribution is 0.140. The molecule has 0 saturated heterocycles. The van der Waals surface area contributed by atoms with Gasteiger partial charge in [0, 0.05) is 17.4 Å². The lowest BCUT2D eigenvalue weighted by Crippen LogP contribution is -2.29. The molecule has 174 valence electrons. The van der Waals surface area contributed by atoms with Gasteiger partial charge < -0.3 is 15.4 Å². The summed E-state index contributed by atoms with van der Waals surface area (Å²) in [5.41, 5.74) is 1.38. The summed E-state index contributed by atoms with van der Waals surface area (Å²) in [5.74, 6) is 0.184. The van der Waals surface area contributed by atoms with Crippen LogP contribution in [0.15, 0.2) is 40.2 Å². The Morgan fingerprint density at radius 2 is 2.03 bits per heavy atom. The SMILES string of the molecule is CC1(C)C(O)c2cc(Nc3nn(C4CCCCC4C#N)c4cc[nH]c(=O)c34)ccc2S1(O)O. The lowest BCUT2D eigenvalue weighted by atomic mass is 9.85. The predicted octanol–water partition coefficient (Wildman–Crippen LogP) is 4.66. The number of aromatic amines is 1. The Hall–Kier alpha value is -2.84. The highest BCUT2D eigenvalue weighted by molar-refractivity contribution is 8.25. The molecule has 0 spiro atoms. The standard InChI is InChI=1S/C23H27N5O4S/c1-23(2)20(29)15-11-14(7-8-18(15)33(23,31)32)26-21-19-17(9-10-25-22(19)30)28(27-21)16-6-4-3-5-13(16)12-24/h7-11,13,16,20,29,31-32H,3-6H2,1-2H3,(H,25,30)(H,26,27). The molecule has 0 radical (unpaired) electrons. The molecule has 3 atom stereocenters. The monoisotopic (exact) mass is 469 g/mol. The molecule has 3 heterocycles. The molecule has 3 unspecified atom stereocenters. The Labute approximate surface area is 192 Å². The van der Waals surface area contributed by atoms with Gasteiger partial charge >= 0.3 is 0 Å². The number of pyridine rings is 1. The van der Waals surface area contributed by atoms with Crippen LogP contribution in [0.3, 0.4) is 0 Å². The molecule has 5 rings (SSSR count). The van der Waals surface area contributed by atoms with E-state index in [2.05, 4.69) is 16.4 Å². The second-order valence-corrected chi connectivity index (χ2v) is 12.0. The van der Waals surface area contributed by atoms with Crippen molar-refractivity contribution >= 4 is 33.0 Å². The number of rotatable bonds is 3. The van der Waals surface area contributed by atoms with Crippen LogP contribution in [0.1, 0.15) is 57.2 Å². The molecule has 10 heteroatoms. The fourth-order valence-electron chi connectivity index (χ4n) is 5.04. The molecule has 1 fully saturated rings. The number of hydrogen-bond acceptors (Lipinski definition) is 7. The summed E-state index contributed by atoms with van der Waals surface area (Å²) in [6.07, 6.45) is 4.16.